The minimum Gasteiger partial charge on any atom is -0.288 e. The molecule has 5 heteroatoms. The van der Waals surface area contributed by atoms with Crippen molar-refractivity contribution in [1.29, 1.82) is 0 Å². The van der Waals surface area contributed by atoms with Gasteiger partial charge >= 0.3 is 0 Å². The highest BCUT2D eigenvalue weighted by Gasteiger charge is 2.20. The van der Waals surface area contributed by atoms with E-state index in [1.807, 2.05) is 0 Å². The minimum atomic E-state index is -1.15. The molecule has 0 aliphatic heterocycles. The van der Waals surface area contributed by atoms with E-state index < -0.39 is 17.4 Å². The minimum absolute atomic E-state index is 0.123. The first-order chi connectivity index (χ1) is 8.91. The molecule has 19 heavy (non-hydrogen) atoms. The van der Waals surface area contributed by atoms with Crippen LogP contribution in [0.2, 0.25) is 5.02 Å². The molecule has 0 heterocycles. The second-order valence-corrected chi connectivity index (χ2v) is 5.33. The molecule has 2 aromatic rings. The van der Waals surface area contributed by atoms with Crippen LogP contribution < -0.4 is 0 Å². The number of hydrogen-bond acceptors (Lipinski definition) is 1. The van der Waals surface area contributed by atoms with E-state index in [0.29, 0.717) is 4.47 Å². The van der Waals surface area contributed by atoms with E-state index in [1.165, 1.54) is 31.2 Å². The number of halogens is 4. The van der Waals surface area contributed by atoms with Crippen molar-refractivity contribution in [3.05, 3.63) is 68.2 Å². The van der Waals surface area contributed by atoms with Crippen LogP contribution in [0.3, 0.4) is 0 Å². The maximum absolute atomic E-state index is 13.8. The van der Waals surface area contributed by atoms with Crippen LogP contribution in [0, 0.1) is 18.6 Å². The van der Waals surface area contributed by atoms with Crippen molar-refractivity contribution in [2.24, 2.45) is 0 Å². The van der Waals surface area contributed by atoms with Crippen LogP contribution in [-0.2, 0) is 0 Å². The fourth-order valence-electron chi connectivity index (χ4n) is 1.64. The second kappa shape index (κ2) is 5.39. The lowest BCUT2D eigenvalue weighted by Crippen LogP contribution is -2.07. The summed E-state index contributed by atoms with van der Waals surface area (Å²) in [5.41, 5.74) is -0.0596. The SMILES string of the molecule is Cc1ccc(C(=O)c2cc(Br)ccc2Cl)c(F)c1F. The zero-order valence-corrected chi connectivity index (χ0v) is 12.1. The molecule has 0 spiro atoms. The molecule has 2 aromatic carbocycles. The molecular formula is C14H8BrClF2O. The summed E-state index contributed by atoms with van der Waals surface area (Å²) in [5.74, 6) is -2.82. The largest absolute Gasteiger partial charge is 0.288 e. The van der Waals surface area contributed by atoms with E-state index in [1.54, 1.807) is 6.07 Å². The summed E-state index contributed by atoms with van der Waals surface area (Å²) in [6.45, 7) is 1.43. The second-order valence-electron chi connectivity index (χ2n) is 4.01. The van der Waals surface area contributed by atoms with Gasteiger partial charge in [0.15, 0.2) is 17.4 Å². The Hall–Kier alpha value is -1.26. The molecule has 0 aromatic heterocycles. The molecule has 98 valence electrons. The lowest BCUT2D eigenvalue weighted by molar-refractivity contribution is 0.103. The Balaban J connectivity index is 2.56. The predicted octanol–water partition coefficient (Wildman–Crippen LogP) is 4.92. The van der Waals surface area contributed by atoms with Gasteiger partial charge in [0.05, 0.1) is 10.6 Å². The normalized spacial score (nSPS) is 10.6. The molecule has 0 bridgehead atoms. The smallest absolute Gasteiger partial charge is 0.197 e. The van der Waals surface area contributed by atoms with E-state index in [9.17, 15) is 13.6 Å². The van der Waals surface area contributed by atoms with Gasteiger partial charge in [-0.1, -0.05) is 33.6 Å². The van der Waals surface area contributed by atoms with Crippen LogP contribution in [0.4, 0.5) is 8.78 Å². The maximum Gasteiger partial charge on any atom is 0.197 e. The summed E-state index contributed by atoms with van der Waals surface area (Å²) in [7, 11) is 0. The lowest BCUT2D eigenvalue weighted by Gasteiger charge is -2.07. The van der Waals surface area contributed by atoms with Crippen LogP contribution in [0.15, 0.2) is 34.8 Å². The van der Waals surface area contributed by atoms with Crippen molar-refractivity contribution in [2.45, 2.75) is 6.92 Å². The summed E-state index contributed by atoms with van der Waals surface area (Å²) >= 11 is 9.11. The third-order valence-electron chi connectivity index (χ3n) is 2.69. The van der Waals surface area contributed by atoms with Gasteiger partial charge in [0, 0.05) is 10.0 Å². The average molecular weight is 346 g/mol. The fourth-order valence-corrected chi connectivity index (χ4v) is 2.20. The van der Waals surface area contributed by atoms with Crippen LogP contribution in [-0.4, -0.2) is 5.78 Å². The van der Waals surface area contributed by atoms with Crippen molar-refractivity contribution < 1.29 is 13.6 Å². The summed E-state index contributed by atoms with van der Waals surface area (Å²) in [6, 6.07) is 7.26. The van der Waals surface area contributed by atoms with Crippen LogP contribution >= 0.6 is 27.5 Å². The van der Waals surface area contributed by atoms with Gasteiger partial charge in [-0.15, -0.1) is 0 Å². The molecule has 0 saturated heterocycles. The van der Waals surface area contributed by atoms with Gasteiger partial charge in [-0.25, -0.2) is 8.78 Å². The average Bonchev–Trinajstić information content (AvgIpc) is 2.38. The molecular weight excluding hydrogens is 338 g/mol. The molecule has 0 unspecified atom stereocenters. The highest BCUT2D eigenvalue weighted by atomic mass is 79.9. The molecule has 0 radical (unpaired) electrons. The highest BCUT2D eigenvalue weighted by Crippen LogP contribution is 2.25. The molecule has 0 atom stereocenters. The quantitative estimate of drug-likeness (QED) is 0.706. The summed E-state index contributed by atoms with van der Waals surface area (Å²) in [4.78, 5) is 12.2. The summed E-state index contributed by atoms with van der Waals surface area (Å²) in [6.07, 6.45) is 0. The van der Waals surface area contributed by atoms with Crippen molar-refractivity contribution in [3.63, 3.8) is 0 Å². The standard InChI is InChI=1S/C14H8BrClF2O/c1-7-2-4-9(13(18)12(7)17)14(19)10-6-8(15)3-5-11(10)16/h2-6H,1H3. The third-order valence-corrected chi connectivity index (χ3v) is 3.52. The molecule has 0 fully saturated rings. The molecule has 1 nitrogen and oxygen atoms in total. The number of aryl methyl sites for hydroxylation is 1. The number of benzene rings is 2. The van der Waals surface area contributed by atoms with Crippen LogP contribution in [0.1, 0.15) is 21.5 Å². The first kappa shape index (κ1) is 14.2. The number of ketones is 1. The van der Waals surface area contributed by atoms with Gasteiger partial charge in [0.2, 0.25) is 0 Å². The number of rotatable bonds is 2. The number of carbonyl (C=O) groups is 1. The molecule has 2 rings (SSSR count). The van der Waals surface area contributed by atoms with Crippen LogP contribution in [0.25, 0.3) is 0 Å². The predicted molar refractivity (Wildman–Crippen MR) is 73.7 cm³/mol. The van der Waals surface area contributed by atoms with Gasteiger partial charge in [-0.2, -0.15) is 0 Å². The molecule has 0 aliphatic carbocycles. The van der Waals surface area contributed by atoms with E-state index >= 15 is 0 Å². The fraction of sp³-hybridized carbons (Fsp3) is 0.0714. The number of hydrogen-bond donors (Lipinski definition) is 0. The van der Waals surface area contributed by atoms with Crippen molar-refractivity contribution in [3.8, 4) is 0 Å². The maximum atomic E-state index is 13.8. The monoisotopic (exact) mass is 344 g/mol. The highest BCUT2D eigenvalue weighted by molar-refractivity contribution is 9.10. The molecule has 0 N–H and O–H groups in total. The van der Waals surface area contributed by atoms with E-state index in [0.717, 1.165) is 0 Å². The molecule has 0 amide bonds. The third kappa shape index (κ3) is 2.69. The van der Waals surface area contributed by atoms with Crippen molar-refractivity contribution in [2.75, 3.05) is 0 Å². The topological polar surface area (TPSA) is 17.1 Å². The number of carbonyl (C=O) groups excluding carboxylic acids is 1. The zero-order chi connectivity index (χ0) is 14.2. The molecule has 0 aliphatic rings. The lowest BCUT2D eigenvalue weighted by atomic mass is 10.0. The molecule has 0 saturated carbocycles. The van der Waals surface area contributed by atoms with Gasteiger partial charge in [0.1, 0.15) is 0 Å². The Kier molecular flexibility index (Phi) is 4.02. The van der Waals surface area contributed by atoms with Gasteiger partial charge in [-0.05, 0) is 36.8 Å². The van der Waals surface area contributed by atoms with E-state index in [-0.39, 0.29) is 21.7 Å². The van der Waals surface area contributed by atoms with E-state index in [4.69, 9.17) is 11.6 Å². The summed E-state index contributed by atoms with van der Waals surface area (Å²) in [5, 5.41) is 0.189. The van der Waals surface area contributed by atoms with Gasteiger partial charge < -0.3 is 0 Å². The Labute approximate surface area is 122 Å². The Morgan fingerprint density at radius 2 is 1.79 bits per heavy atom. The van der Waals surface area contributed by atoms with E-state index in [2.05, 4.69) is 15.9 Å². The zero-order valence-electron chi connectivity index (χ0n) is 9.81. The van der Waals surface area contributed by atoms with Crippen molar-refractivity contribution in [1.82, 2.24) is 0 Å². The Morgan fingerprint density at radius 3 is 2.47 bits per heavy atom. The summed E-state index contributed by atoms with van der Waals surface area (Å²) < 4.78 is 27.9. The van der Waals surface area contributed by atoms with Crippen LogP contribution in [0.5, 0.6) is 0 Å². The van der Waals surface area contributed by atoms with Gasteiger partial charge in [0.25, 0.3) is 0 Å². The van der Waals surface area contributed by atoms with Gasteiger partial charge in [-0.3, -0.25) is 4.79 Å². The Bertz CT molecular complexity index is 671. The Morgan fingerprint density at radius 1 is 1.11 bits per heavy atom. The first-order valence-electron chi connectivity index (χ1n) is 5.36. The van der Waals surface area contributed by atoms with Crippen molar-refractivity contribution >= 4 is 33.3 Å². The first-order valence-corrected chi connectivity index (χ1v) is 6.53.